The van der Waals surface area contributed by atoms with E-state index in [2.05, 4.69) is 24.3 Å². The third-order valence-electron chi connectivity index (χ3n) is 9.73. The number of benzene rings is 9. The highest BCUT2D eigenvalue weighted by molar-refractivity contribution is 6.21. The summed E-state index contributed by atoms with van der Waals surface area (Å²) in [5.74, 6) is 0. The highest BCUT2D eigenvalue weighted by Crippen LogP contribution is 2.45. The van der Waals surface area contributed by atoms with Crippen LogP contribution in [0.25, 0.3) is 99.1 Å². The molecule has 1 heterocycles. The lowest BCUT2D eigenvalue weighted by Gasteiger charge is -2.18. The van der Waals surface area contributed by atoms with E-state index in [1.807, 2.05) is 121 Å². The second-order valence-corrected chi connectivity index (χ2v) is 12.6. The van der Waals surface area contributed by atoms with Gasteiger partial charge < -0.3 is 4.42 Å². The van der Waals surface area contributed by atoms with Gasteiger partial charge in [0.05, 0.1) is 11.0 Å². The van der Waals surface area contributed by atoms with Crippen molar-refractivity contribution >= 4 is 43.5 Å². The van der Waals surface area contributed by atoms with Gasteiger partial charge >= 0.3 is 0 Å². The molecular weight excluding hydrogens is 617 g/mol. The molecule has 1 heteroatoms. The zero-order chi connectivity index (χ0) is 40.7. The fraction of sp³-hybridized carbons (Fsp3) is 0. The van der Waals surface area contributed by atoms with Gasteiger partial charge in [-0.15, -0.1) is 0 Å². The SMILES string of the molecule is [2H]c1c([2H])c([2H])c2c(-c3cccc(-c4ccccc4)c3)c3c([2H])c([2H])c([2H])c([2H])c3c(-c3ccc(-c4cccc5c4oc4c(-c6ccccc6)cccc45)cc3)c2c1[2H]. The smallest absolute Gasteiger partial charge is 0.143 e. The number of hydrogen-bond acceptors (Lipinski definition) is 1. The Kier molecular flexibility index (Phi) is 5.21. The van der Waals surface area contributed by atoms with Crippen molar-refractivity contribution in [3.63, 3.8) is 0 Å². The average molecular weight is 657 g/mol. The lowest BCUT2D eigenvalue weighted by Crippen LogP contribution is -1.91. The molecule has 0 aliphatic rings. The van der Waals surface area contributed by atoms with Gasteiger partial charge in [-0.3, -0.25) is 0 Å². The first-order chi connectivity index (χ1) is 28.6. The highest BCUT2D eigenvalue weighted by Gasteiger charge is 2.19. The van der Waals surface area contributed by atoms with Crippen LogP contribution in [-0.4, -0.2) is 0 Å². The maximum absolute atomic E-state index is 9.35. The molecule has 0 saturated heterocycles. The van der Waals surface area contributed by atoms with Crippen LogP contribution in [-0.2, 0) is 0 Å². The molecular formula is C50H32O. The van der Waals surface area contributed by atoms with Gasteiger partial charge in [-0.1, -0.05) is 188 Å². The second-order valence-electron chi connectivity index (χ2n) is 12.6. The topological polar surface area (TPSA) is 13.1 Å². The summed E-state index contributed by atoms with van der Waals surface area (Å²) in [4.78, 5) is 0. The predicted octanol–water partition coefficient (Wildman–Crippen LogP) is 14.2. The number of rotatable bonds is 5. The summed E-state index contributed by atoms with van der Waals surface area (Å²) in [5.41, 5.74) is 8.74. The van der Waals surface area contributed by atoms with Crippen molar-refractivity contribution in [1.82, 2.24) is 0 Å². The van der Waals surface area contributed by atoms with E-state index in [4.69, 9.17) is 9.90 Å². The van der Waals surface area contributed by atoms with Crippen LogP contribution < -0.4 is 0 Å². The van der Waals surface area contributed by atoms with Gasteiger partial charge in [0.1, 0.15) is 11.2 Å². The van der Waals surface area contributed by atoms with E-state index in [0.29, 0.717) is 22.3 Å². The van der Waals surface area contributed by atoms with E-state index in [1.54, 1.807) is 0 Å². The Morgan fingerprint density at radius 3 is 1.27 bits per heavy atom. The Morgan fingerprint density at radius 2 is 0.725 bits per heavy atom. The van der Waals surface area contributed by atoms with E-state index in [9.17, 15) is 5.48 Å². The fourth-order valence-electron chi connectivity index (χ4n) is 7.40. The molecule has 0 atom stereocenters. The van der Waals surface area contributed by atoms with Gasteiger partial charge in [0, 0.05) is 21.9 Å². The average Bonchev–Trinajstić information content (AvgIpc) is 3.68. The van der Waals surface area contributed by atoms with E-state index < -0.39 is 24.2 Å². The molecule has 0 radical (unpaired) electrons. The minimum absolute atomic E-state index is 0.175. The lowest BCUT2D eigenvalue weighted by molar-refractivity contribution is 0.671. The van der Waals surface area contributed by atoms with Gasteiger partial charge in [-0.25, -0.2) is 0 Å². The molecule has 0 N–H and O–H groups in total. The summed E-state index contributed by atoms with van der Waals surface area (Å²) in [5, 5.41) is 2.67. The zero-order valence-electron chi connectivity index (χ0n) is 35.3. The van der Waals surface area contributed by atoms with Crippen LogP contribution in [0.4, 0.5) is 0 Å². The summed E-state index contributed by atoms with van der Waals surface area (Å²) >= 11 is 0. The number of hydrogen-bond donors (Lipinski definition) is 0. The van der Waals surface area contributed by atoms with Crippen molar-refractivity contribution < 1.29 is 15.4 Å². The Balaban J connectivity index is 1.25. The van der Waals surface area contributed by atoms with E-state index in [-0.39, 0.29) is 45.7 Å². The Morgan fingerprint density at radius 1 is 0.314 bits per heavy atom. The summed E-state index contributed by atoms with van der Waals surface area (Å²) in [6, 6.07) is 44.2. The molecule has 238 valence electrons. The molecule has 0 amide bonds. The standard InChI is InChI=1S/C50H32O/c1-3-14-33(15-4-1)37-18-11-19-38(32-37)48-43-22-9-7-20-41(43)47(42-21-8-10-23-44(42)48)36-30-28-35(29-31-36)40-25-13-27-46-45-26-12-24-39(49(45)51-50(40)46)34-16-5-2-6-17-34/h1-32H/i7D,8D,9D,10D,20D,21D,22D,23D. The molecule has 0 fully saturated rings. The minimum Gasteiger partial charge on any atom is -0.455 e. The number of furan rings is 1. The molecule has 10 rings (SSSR count). The minimum atomic E-state index is -0.434. The molecule has 51 heavy (non-hydrogen) atoms. The Bertz CT molecular complexity index is 3260. The first kappa shape index (κ1) is 22.1. The van der Waals surface area contributed by atoms with E-state index >= 15 is 0 Å². The maximum Gasteiger partial charge on any atom is 0.143 e. The van der Waals surface area contributed by atoms with Gasteiger partial charge in [-0.2, -0.15) is 0 Å². The summed E-state index contributed by atoms with van der Waals surface area (Å²) in [6.45, 7) is 0. The van der Waals surface area contributed by atoms with Crippen LogP contribution in [0.1, 0.15) is 11.0 Å². The van der Waals surface area contributed by atoms with E-state index in [1.165, 1.54) is 0 Å². The maximum atomic E-state index is 9.35. The Labute approximate surface area is 307 Å². The highest BCUT2D eigenvalue weighted by atomic mass is 16.3. The summed E-state index contributed by atoms with van der Waals surface area (Å²) < 4.78 is 79.3. The van der Waals surface area contributed by atoms with Crippen molar-refractivity contribution in [2.24, 2.45) is 0 Å². The van der Waals surface area contributed by atoms with Crippen molar-refractivity contribution in [1.29, 1.82) is 0 Å². The third-order valence-corrected chi connectivity index (χ3v) is 9.73. The normalized spacial score (nSPS) is 13.7. The molecule has 0 aliphatic carbocycles. The Hall–Kier alpha value is -6.70. The quantitative estimate of drug-likeness (QED) is 0.168. The second kappa shape index (κ2) is 12.0. The fourth-order valence-corrected chi connectivity index (χ4v) is 7.40. The molecule has 0 spiro atoms. The van der Waals surface area contributed by atoms with Crippen LogP contribution in [0.5, 0.6) is 0 Å². The third kappa shape index (κ3) is 4.86. The number of fused-ring (bicyclic) bond motifs is 5. The summed E-state index contributed by atoms with van der Waals surface area (Å²) in [7, 11) is 0. The predicted molar refractivity (Wildman–Crippen MR) is 216 cm³/mol. The first-order valence-corrected chi connectivity index (χ1v) is 16.9. The molecule has 0 unspecified atom stereocenters. The molecule has 0 aliphatic heterocycles. The van der Waals surface area contributed by atoms with Crippen LogP contribution in [0.3, 0.4) is 0 Å². The van der Waals surface area contributed by atoms with Crippen LogP contribution in [0.2, 0.25) is 0 Å². The van der Waals surface area contributed by atoms with Crippen LogP contribution >= 0.6 is 0 Å². The van der Waals surface area contributed by atoms with Gasteiger partial charge in [0.25, 0.3) is 0 Å². The molecule has 0 bridgehead atoms. The number of para-hydroxylation sites is 2. The van der Waals surface area contributed by atoms with Crippen LogP contribution in [0, 0.1) is 0 Å². The summed E-state index contributed by atoms with van der Waals surface area (Å²) in [6.07, 6.45) is 0. The first-order valence-electron chi connectivity index (χ1n) is 20.9. The van der Waals surface area contributed by atoms with Crippen molar-refractivity contribution in [2.45, 2.75) is 0 Å². The van der Waals surface area contributed by atoms with Crippen molar-refractivity contribution in [2.75, 3.05) is 0 Å². The van der Waals surface area contributed by atoms with Gasteiger partial charge in [-0.05, 0) is 72.1 Å². The zero-order valence-corrected chi connectivity index (χ0v) is 27.3. The monoisotopic (exact) mass is 656 g/mol. The molecule has 0 saturated carbocycles. The van der Waals surface area contributed by atoms with Crippen LogP contribution in [0.15, 0.2) is 198 Å². The van der Waals surface area contributed by atoms with Crippen molar-refractivity contribution in [3.05, 3.63) is 194 Å². The van der Waals surface area contributed by atoms with Gasteiger partial charge in [0.15, 0.2) is 0 Å². The largest absolute Gasteiger partial charge is 0.455 e. The molecule has 1 aromatic heterocycles. The molecule has 1 nitrogen and oxygen atoms in total. The van der Waals surface area contributed by atoms with E-state index in [0.717, 1.165) is 55.3 Å². The molecule has 9 aromatic carbocycles. The van der Waals surface area contributed by atoms with Crippen molar-refractivity contribution in [3.8, 4) is 55.6 Å². The molecule has 10 aromatic rings. The van der Waals surface area contributed by atoms with Gasteiger partial charge in [0.2, 0.25) is 0 Å². The lowest BCUT2D eigenvalue weighted by atomic mass is 9.85.